The molecule has 2 atom stereocenters. The minimum Gasteiger partial charge on any atom is -0.453 e. The Hall–Kier alpha value is -1.86. The highest BCUT2D eigenvalue weighted by molar-refractivity contribution is 6.35. The van der Waals surface area contributed by atoms with Crippen molar-refractivity contribution in [3.63, 3.8) is 0 Å². The number of hydrogen-bond donors (Lipinski definition) is 3. The van der Waals surface area contributed by atoms with Gasteiger partial charge in [0.2, 0.25) is 5.91 Å². The summed E-state index contributed by atoms with van der Waals surface area (Å²) < 4.78 is 19.7. The maximum absolute atomic E-state index is 14.2. The zero-order valence-corrected chi connectivity index (χ0v) is 14.4. The average Bonchev–Trinajstić information content (AvgIpc) is 2.98. The van der Waals surface area contributed by atoms with Crippen LogP contribution in [-0.4, -0.2) is 29.7 Å². The van der Waals surface area contributed by atoms with E-state index in [-0.39, 0.29) is 22.2 Å². The van der Waals surface area contributed by atoms with Gasteiger partial charge in [0.15, 0.2) is 11.6 Å². The number of amides is 1. The molecule has 8 heteroatoms. The number of nitrogens with one attached hydrogen (secondary N) is 2. The van der Waals surface area contributed by atoms with Crippen LogP contribution in [0.5, 0.6) is 11.5 Å². The molecule has 5 nitrogen and oxygen atoms in total. The molecule has 1 fully saturated rings. The molecule has 1 aliphatic rings. The standard InChI is InChI=1S/C17H15Cl2FN2O3/c18-9-1-3-14(11(19)7-9)25-15-4-2-10(8-12(15)20)22-17(24)16-13(23)5-6-21-16/h1-4,7-8,13,16,21,23H,5-6H2,(H,22,24). The van der Waals surface area contributed by atoms with Gasteiger partial charge >= 0.3 is 0 Å². The monoisotopic (exact) mass is 384 g/mol. The molecule has 0 radical (unpaired) electrons. The summed E-state index contributed by atoms with van der Waals surface area (Å²) in [5, 5.41) is 15.9. The fraction of sp³-hybridized carbons (Fsp3) is 0.235. The largest absolute Gasteiger partial charge is 0.453 e. The van der Waals surface area contributed by atoms with Gasteiger partial charge in [0.05, 0.1) is 11.1 Å². The fourth-order valence-corrected chi connectivity index (χ4v) is 2.96. The van der Waals surface area contributed by atoms with Crippen molar-refractivity contribution in [2.45, 2.75) is 18.6 Å². The number of aliphatic hydroxyl groups is 1. The molecule has 1 amide bonds. The number of carbonyl (C=O) groups is 1. The maximum Gasteiger partial charge on any atom is 0.244 e. The van der Waals surface area contributed by atoms with Gasteiger partial charge in [-0.3, -0.25) is 4.79 Å². The van der Waals surface area contributed by atoms with Crippen LogP contribution in [0.4, 0.5) is 10.1 Å². The van der Waals surface area contributed by atoms with Crippen LogP contribution in [0.2, 0.25) is 10.0 Å². The molecule has 0 aliphatic carbocycles. The third-order valence-electron chi connectivity index (χ3n) is 3.78. The van der Waals surface area contributed by atoms with E-state index < -0.39 is 23.9 Å². The first-order chi connectivity index (χ1) is 11.9. The molecule has 0 spiro atoms. The number of rotatable bonds is 4. The number of ether oxygens (including phenoxy) is 1. The number of halogens is 3. The van der Waals surface area contributed by atoms with E-state index in [9.17, 15) is 14.3 Å². The van der Waals surface area contributed by atoms with Gasteiger partial charge in [-0.05, 0) is 43.3 Å². The highest BCUT2D eigenvalue weighted by Gasteiger charge is 2.31. The van der Waals surface area contributed by atoms with Crippen LogP contribution in [0, 0.1) is 5.82 Å². The van der Waals surface area contributed by atoms with Gasteiger partial charge in [-0.25, -0.2) is 4.39 Å². The summed E-state index contributed by atoms with van der Waals surface area (Å²) in [6, 6.07) is 7.92. The lowest BCUT2D eigenvalue weighted by atomic mass is 10.1. The van der Waals surface area contributed by atoms with Crippen molar-refractivity contribution in [1.82, 2.24) is 5.32 Å². The van der Waals surface area contributed by atoms with E-state index >= 15 is 0 Å². The van der Waals surface area contributed by atoms with E-state index in [1.165, 1.54) is 24.3 Å². The normalized spacial score (nSPS) is 19.7. The molecule has 1 heterocycles. The highest BCUT2D eigenvalue weighted by Crippen LogP contribution is 2.33. The Morgan fingerprint density at radius 1 is 1.24 bits per heavy atom. The Bertz CT molecular complexity index is 803. The molecule has 2 unspecified atom stereocenters. The first kappa shape index (κ1) is 17.9. The molecule has 3 rings (SSSR count). The lowest BCUT2D eigenvalue weighted by Gasteiger charge is -2.15. The summed E-state index contributed by atoms with van der Waals surface area (Å²) in [5.41, 5.74) is 0.262. The van der Waals surface area contributed by atoms with Gasteiger partial charge in [-0.2, -0.15) is 0 Å². The van der Waals surface area contributed by atoms with Crippen molar-refractivity contribution in [2.75, 3.05) is 11.9 Å². The molecule has 1 saturated heterocycles. The summed E-state index contributed by atoms with van der Waals surface area (Å²) in [6.45, 7) is 0.558. The molecule has 0 saturated carbocycles. The second-order valence-corrected chi connectivity index (χ2v) is 6.44. The molecule has 25 heavy (non-hydrogen) atoms. The maximum atomic E-state index is 14.2. The molecule has 0 aromatic heterocycles. The third kappa shape index (κ3) is 4.22. The number of anilines is 1. The van der Waals surface area contributed by atoms with Gasteiger partial charge in [-0.1, -0.05) is 23.2 Å². The minimum atomic E-state index is -0.750. The van der Waals surface area contributed by atoms with Crippen LogP contribution < -0.4 is 15.4 Å². The molecule has 1 aliphatic heterocycles. The van der Waals surface area contributed by atoms with Crippen molar-refractivity contribution in [1.29, 1.82) is 0 Å². The third-order valence-corrected chi connectivity index (χ3v) is 4.32. The smallest absolute Gasteiger partial charge is 0.244 e. The highest BCUT2D eigenvalue weighted by atomic mass is 35.5. The van der Waals surface area contributed by atoms with Crippen molar-refractivity contribution >= 4 is 34.8 Å². The molecule has 0 bridgehead atoms. The molecular weight excluding hydrogens is 370 g/mol. The second-order valence-electron chi connectivity index (χ2n) is 5.60. The van der Waals surface area contributed by atoms with Crippen LogP contribution in [0.1, 0.15) is 6.42 Å². The fourth-order valence-electron chi connectivity index (χ4n) is 2.51. The van der Waals surface area contributed by atoms with E-state index in [0.29, 0.717) is 18.0 Å². The molecule has 2 aromatic carbocycles. The van der Waals surface area contributed by atoms with Gasteiger partial charge in [0.1, 0.15) is 11.8 Å². The summed E-state index contributed by atoms with van der Waals surface area (Å²) in [4.78, 5) is 12.1. The number of hydrogen-bond acceptors (Lipinski definition) is 4. The number of benzene rings is 2. The summed E-state index contributed by atoms with van der Waals surface area (Å²) in [7, 11) is 0. The van der Waals surface area contributed by atoms with Gasteiger partial charge in [-0.15, -0.1) is 0 Å². The van der Waals surface area contributed by atoms with Crippen LogP contribution in [0.3, 0.4) is 0 Å². The Morgan fingerprint density at radius 3 is 2.64 bits per heavy atom. The summed E-state index contributed by atoms with van der Waals surface area (Å²) >= 11 is 11.8. The zero-order valence-electron chi connectivity index (χ0n) is 12.9. The first-order valence-electron chi connectivity index (χ1n) is 7.59. The topological polar surface area (TPSA) is 70.6 Å². The molecule has 3 N–H and O–H groups in total. The minimum absolute atomic E-state index is 0.0405. The van der Waals surface area contributed by atoms with E-state index in [4.69, 9.17) is 27.9 Å². The Morgan fingerprint density at radius 2 is 2.00 bits per heavy atom. The van der Waals surface area contributed by atoms with Crippen LogP contribution >= 0.6 is 23.2 Å². The van der Waals surface area contributed by atoms with Gasteiger partial charge in [0, 0.05) is 16.8 Å². The second kappa shape index (κ2) is 7.58. The van der Waals surface area contributed by atoms with Crippen molar-refractivity contribution < 1.29 is 19.0 Å². The Labute approximate surface area is 153 Å². The van der Waals surface area contributed by atoms with Crippen LogP contribution in [-0.2, 0) is 4.79 Å². The molecule has 2 aromatic rings. The van der Waals surface area contributed by atoms with Gasteiger partial charge in [0.25, 0.3) is 0 Å². The zero-order chi connectivity index (χ0) is 18.0. The van der Waals surface area contributed by atoms with Crippen LogP contribution in [0.25, 0.3) is 0 Å². The van der Waals surface area contributed by atoms with E-state index in [0.717, 1.165) is 6.07 Å². The summed E-state index contributed by atoms with van der Waals surface area (Å²) in [6.07, 6.45) is -0.249. The number of aliphatic hydroxyl groups excluding tert-OH is 1. The average molecular weight is 385 g/mol. The Kier molecular flexibility index (Phi) is 5.44. The van der Waals surface area contributed by atoms with Crippen LogP contribution in [0.15, 0.2) is 36.4 Å². The van der Waals surface area contributed by atoms with Gasteiger partial charge < -0.3 is 20.5 Å². The quantitative estimate of drug-likeness (QED) is 0.753. The predicted molar refractivity (Wildman–Crippen MR) is 94.0 cm³/mol. The lowest BCUT2D eigenvalue weighted by Crippen LogP contribution is -2.42. The van der Waals surface area contributed by atoms with Crippen molar-refractivity contribution in [3.8, 4) is 11.5 Å². The number of carbonyl (C=O) groups excluding carboxylic acids is 1. The van der Waals surface area contributed by atoms with E-state index in [2.05, 4.69) is 10.6 Å². The van der Waals surface area contributed by atoms with Crippen molar-refractivity contribution in [3.05, 3.63) is 52.3 Å². The summed E-state index contributed by atoms with van der Waals surface area (Å²) in [5.74, 6) is -0.858. The Balaban J connectivity index is 1.71. The lowest BCUT2D eigenvalue weighted by molar-refractivity contribution is -0.119. The molecule has 132 valence electrons. The van der Waals surface area contributed by atoms with E-state index in [1.807, 2.05) is 0 Å². The van der Waals surface area contributed by atoms with Crippen molar-refractivity contribution in [2.24, 2.45) is 0 Å². The predicted octanol–water partition coefficient (Wildman–Crippen LogP) is 3.59. The first-order valence-corrected chi connectivity index (χ1v) is 8.34. The SMILES string of the molecule is O=C(Nc1ccc(Oc2ccc(Cl)cc2Cl)c(F)c1)C1NCCC1O. The van der Waals surface area contributed by atoms with E-state index in [1.54, 1.807) is 6.07 Å². The molecular formula is C17H15Cl2FN2O3.